The summed E-state index contributed by atoms with van der Waals surface area (Å²) in [7, 11) is 4.71. The maximum Gasteiger partial charge on any atom is 0.206 e. The fraction of sp³-hybridized carbons (Fsp3) is 0.217. The first-order chi connectivity index (χ1) is 15.0. The molecule has 1 aromatic heterocycles. The normalized spacial score (nSPS) is 11.7. The molecule has 8 heteroatoms. The van der Waals surface area contributed by atoms with Crippen LogP contribution in [0, 0.1) is 5.82 Å². The largest absolute Gasteiger partial charge is 0.493 e. The van der Waals surface area contributed by atoms with Gasteiger partial charge in [-0.3, -0.25) is 4.99 Å². The third-order valence-electron chi connectivity index (χ3n) is 4.32. The number of methoxy groups -OCH3 is 3. The first kappa shape index (κ1) is 22.3. The zero-order valence-corrected chi connectivity index (χ0v) is 18.7. The van der Waals surface area contributed by atoms with Crippen LogP contribution >= 0.6 is 11.3 Å². The number of hydrogen-bond donors (Lipinski definition) is 0. The summed E-state index contributed by atoms with van der Waals surface area (Å²) in [5, 5.41) is 6.58. The highest BCUT2D eigenvalue weighted by molar-refractivity contribution is 7.07. The van der Waals surface area contributed by atoms with E-state index in [0.717, 1.165) is 22.4 Å². The van der Waals surface area contributed by atoms with Crippen molar-refractivity contribution in [3.8, 4) is 28.5 Å². The van der Waals surface area contributed by atoms with Crippen LogP contribution in [0.3, 0.4) is 0 Å². The fourth-order valence-electron chi connectivity index (χ4n) is 2.82. The Morgan fingerprint density at radius 1 is 1.10 bits per heavy atom. The molecule has 0 spiro atoms. The van der Waals surface area contributed by atoms with Gasteiger partial charge in [0.1, 0.15) is 5.82 Å². The summed E-state index contributed by atoms with van der Waals surface area (Å²) >= 11 is 1.46. The lowest BCUT2D eigenvalue weighted by Crippen LogP contribution is -2.13. The van der Waals surface area contributed by atoms with Gasteiger partial charge in [-0.1, -0.05) is 24.3 Å². The Bertz CT molecular complexity index is 1140. The van der Waals surface area contributed by atoms with Crippen LogP contribution in [0.4, 0.5) is 4.39 Å². The Balaban J connectivity index is 2.15. The van der Waals surface area contributed by atoms with Gasteiger partial charge < -0.3 is 14.2 Å². The van der Waals surface area contributed by atoms with Gasteiger partial charge >= 0.3 is 0 Å². The lowest BCUT2D eigenvalue weighted by molar-refractivity contribution is 0.324. The summed E-state index contributed by atoms with van der Waals surface area (Å²) in [6.45, 7) is 6.32. The number of halogens is 1. The lowest BCUT2D eigenvalue weighted by atomic mass is 10.1. The molecule has 0 unspecified atom stereocenters. The monoisotopic (exact) mass is 441 g/mol. The Morgan fingerprint density at radius 2 is 1.74 bits per heavy atom. The lowest BCUT2D eigenvalue weighted by Gasteiger charge is -2.14. The molecule has 0 amide bonds. The molecule has 3 aromatic rings. The van der Waals surface area contributed by atoms with Gasteiger partial charge in [0.25, 0.3) is 0 Å². The van der Waals surface area contributed by atoms with Crippen LogP contribution in [-0.4, -0.2) is 38.8 Å². The summed E-state index contributed by atoms with van der Waals surface area (Å²) in [5.74, 6) is 1.29. The van der Waals surface area contributed by atoms with E-state index in [4.69, 9.17) is 14.2 Å². The first-order valence-corrected chi connectivity index (χ1v) is 10.3. The molecule has 0 atom stereocenters. The van der Waals surface area contributed by atoms with Crippen LogP contribution in [0.2, 0.25) is 0 Å². The summed E-state index contributed by atoms with van der Waals surface area (Å²) in [5.41, 5.74) is 3.32. The van der Waals surface area contributed by atoms with E-state index in [0.29, 0.717) is 28.6 Å². The number of hydrogen-bond acceptors (Lipinski definition) is 6. The molecule has 0 aliphatic carbocycles. The zero-order chi connectivity index (χ0) is 22.4. The van der Waals surface area contributed by atoms with Crippen LogP contribution in [-0.2, 0) is 0 Å². The van der Waals surface area contributed by atoms with Crippen LogP contribution in [0.1, 0.15) is 12.5 Å². The maximum atomic E-state index is 13.2. The van der Waals surface area contributed by atoms with Crippen LogP contribution in [0.5, 0.6) is 17.2 Å². The van der Waals surface area contributed by atoms with E-state index in [1.165, 1.54) is 23.5 Å². The summed E-state index contributed by atoms with van der Waals surface area (Å²) in [6.07, 6.45) is 1.66. The van der Waals surface area contributed by atoms with Crippen molar-refractivity contribution in [1.82, 2.24) is 4.68 Å². The van der Waals surface area contributed by atoms with Crippen molar-refractivity contribution < 1.29 is 18.6 Å². The standard InChI is InChI=1S/C23H24FN3O3S/c1-15(2)12-25-23-27(26-13-16-6-8-18(24)9-7-16)19(14-31-23)17-10-20(28-3)22(30-5)21(11-17)29-4/h6-11,13-14H,1,12H2,2-5H3. The Labute approximate surface area is 184 Å². The van der Waals surface area contributed by atoms with Gasteiger partial charge in [-0.05, 0) is 36.8 Å². The van der Waals surface area contributed by atoms with Gasteiger partial charge in [0.15, 0.2) is 11.5 Å². The molecule has 3 rings (SSSR count). The average molecular weight is 442 g/mol. The molecule has 6 nitrogen and oxygen atoms in total. The summed E-state index contributed by atoms with van der Waals surface area (Å²) < 4.78 is 31.4. The number of nitrogens with zero attached hydrogens (tertiary/aromatic N) is 3. The molecule has 0 bridgehead atoms. The van der Waals surface area contributed by atoms with Crippen molar-refractivity contribution in [2.75, 3.05) is 27.9 Å². The molecule has 31 heavy (non-hydrogen) atoms. The molecule has 0 aliphatic rings. The van der Waals surface area contributed by atoms with Crippen molar-refractivity contribution in [3.05, 3.63) is 70.1 Å². The topological polar surface area (TPSA) is 57.3 Å². The number of thiazole rings is 1. The van der Waals surface area contributed by atoms with E-state index in [2.05, 4.69) is 16.7 Å². The molecule has 1 heterocycles. The molecule has 2 aromatic carbocycles. The smallest absolute Gasteiger partial charge is 0.206 e. The zero-order valence-electron chi connectivity index (χ0n) is 17.9. The van der Waals surface area contributed by atoms with Gasteiger partial charge in [0.2, 0.25) is 10.6 Å². The SMILES string of the molecule is C=C(C)CN=c1scc(-c2cc(OC)c(OC)c(OC)c2)n1N=Cc1ccc(F)cc1. The van der Waals surface area contributed by atoms with E-state index in [1.54, 1.807) is 44.4 Å². The Hall–Kier alpha value is -3.39. The molecule has 0 N–H and O–H groups in total. The third-order valence-corrected chi connectivity index (χ3v) is 5.18. The van der Waals surface area contributed by atoms with Gasteiger partial charge in [0.05, 0.1) is 39.8 Å². The summed E-state index contributed by atoms with van der Waals surface area (Å²) in [6, 6.07) is 9.83. The van der Waals surface area contributed by atoms with Gasteiger partial charge in [-0.25, -0.2) is 9.07 Å². The van der Waals surface area contributed by atoms with Gasteiger partial charge in [-0.15, -0.1) is 11.3 Å². The first-order valence-electron chi connectivity index (χ1n) is 9.42. The van der Waals surface area contributed by atoms with E-state index < -0.39 is 0 Å². The minimum Gasteiger partial charge on any atom is -0.493 e. The van der Waals surface area contributed by atoms with E-state index in [9.17, 15) is 4.39 Å². The molecular formula is C23H24FN3O3S. The number of benzene rings is 2. The summed E-state index contributed by atoms with van der Waals surface area (Å²) in [4.78, 5) is 5.32. The minimum atomic E-state index is -0.296. The number of rotatable bonds is 8. The van der Waals surface area contributed by atoms with Crippen molar-refractivity contribution >= 4 is 17.6 Å². The number of ether oxygens (including phenoxy) is 3. The quantitative estimate of drug-likeness (QED) is 0.375. The van der Waals surface area contributed by atoms with Crippen molar-refractivity contribution in [2.24, 2.45) is 10.1 Å². The van der Waals surface area contributed by atoms with Crippen molar-refractivity contribution in [2.45, 2.75) is 6.92 Å². The van der Waals surface area contributed by atoms with Crippen LogP contribution < -0.4 is 19.0 Å². The van der Waals surface area contributed by atoms with Gasteiger partial charge in [-0.2, -0.15) is 5.10 Å². The van der Waals surface area contributed by atoms with Crippen LogP contribution in [0.15, 0.2) is 64.0 Å². The molecule has 162 valence electrons. The fourth-order valence-corrected chi connectivity index (χ4v) is 3.66. The Kier molecular flexibility index (Phi) is 7.25. The predicted molar refractivity (Wildman–Crippen MR) is 122 cm³/mol. The molecule has 0 saturated heterocycles. The molecular weight excluding hydrogens is 417 g/mol. The average Bonchev–Trinajstić information content (AvgIpc) is 3.18. The Morgan fingerprint density at radius 3 is 2.29 bits per heavy atom. The van der Waals surface area contributed by atoms with Gasteiger partial charge in [0, 0.05) is 10.9 Å². The van der Waals surface area contributed by atoms with Crippen LogP contribution in [0.25, 0.3) is 11.3 Å². The second-order valence-electron chi connectivity index (χ2n) is 6.70. The number of aromatic nitrogens is 1. The maximum absolute atomic E-state index is 13.2. The van der Waals surface area contributed by atoms with Crippen molar-refractivity contribution in [1.29, 1.82) is 0 Å². The highest BCUT2D eigenvalue weighted by Crippen LogP contribution is 2.41. The van der Waals surface area contributed by atoms with E-state index in [-0.39, 0.29) is 5.82 Å². The van der Waals surface area contributed by atoms with E-state index in [1.807, 2.05) is 24.4 Å². The second-order valence-corrected chi connectivity index (χ2v) is 7.54. The molecule has 0 fully saturated rings. The van der Waals surface area contributed by atoms with Crippen molar-refractivity contribution in [3.63, 3.8) is 0 Å². The molecule has 0 radical (unpaired) electrons. The highest BCUT2D eigenvalue weighted by atomic mass is 32.1. The molecule has 0 saturated carbocycles. The second kappa shape index (κ2) is 10.1. The predicted octanol–water partition coefficient (Wildman–Crippen LogP) is 4.74. The van der Waals surface area contributed by atoms with E-state index >= 15 is 0 Å². The highest BCUT2D eigenvalue weighted by Gasteiger charge is 2.17. The minimum absolute atomic E-state index is 0.296. The third kappa shape index (κ3) is 5.21. The molecule has 0 aliphatic heterocycles.